The molecule has 9 heteroatoms. The van der Waals surface area contributed by atoms with E-state index < -0.39 is 33.1 Å². The zero-order valence-electron chi connectivity index (χ0n) is 12.6. The minimum absolute atomic E-state index is 0.200. The van der Waals surface area contributed by atoms with E-state index in [1.165, 1.54) is 18.2 Å². The number of hydrogen-bond donors (Lipinski definition) is 1. The van der Waals surface area contributed by atoms with Gasteiger partial charge in [0.25, 0.3) is 15.7 Å². The second kappa shape index (κ2) is 6.67. The molecule has 0 aliphatic rings. The van der Waals surface area contributed by atoms with E-state index in [0.717, 1.165) is 16.4 Å². The first-order chi connectivity index (χ1) is 11.2. The number of carbonyl (C=O) groups is 1. The third kappa shape index (κ3) is 3.51. The van der Waals surface area contributed by atoms with Gasteiger partial charge in [-0.3, -0.25) is 19.2 Å². The quantitative estimate of drug-likeness (QED) is 0.630. The molecule has 2 aromatic rings. The Morgan fingerprint density at radius 1 is 1.21 bits per heavy atom. The maximum absolute atomic E-state index is 12.8. The Morgan fingerprint density at radius 3 is 2.46 bits per heavy atom. The van der Waals surface area contributed by atoms with Gasteiger partial charge in [-0.05, 0) is 24.6 Å². The molecule has 1 N–H and O–H groups in total. The SMILES string of the molecule is Cc1ccccc1N(CC(=O)O)S(=O)(=O)c1cccc([N+](=O)[O-])c1. The van der Waals surface area contributed by atoms with Gasteiger partial charge in [-0.25, -0.2) is 8.42 Å². The summed E-state index contributed by atoms with van der Waals surface area (Å²) >= 11 is 0. The van der Waals surface area contributed by atoms with Gasteiger partial charge in [-0.15, -0.1) is 0 Å². The highest BCUT2D eigenvalue weighted by molar-refractivity contribution is 7.92. The van der Waals surface area contributed by atoms with E-state index >= 15 is 0 Å². The van der Waals surface area contributed by atoms with E-state index in [1.807, 2.05) is 0 Å². The topological polar surface area (TPSA) is 118 Å². The van der Waals surface area contributed by atoms with Gasteiger partial charge in [0.05, 0.1) is 15.5 Å². The van der Waals surface area contributed by atoms with Crippen LogP contribution in [0.3, 0.4) is 0 Å². The van der Waals surface area contributed by atoms with Gasteiger partial charge in [-0.2, -0.15) is 0 Å². The van der Waals surface area contributed by atoms with Crippen molar-refractivity contribution >= 4 is 27.4 Å². The Labute approximate surface area is 138 Å². The van der Waals surface area contributed by atoms with Crippen LogP contribution in [-0.4, -0.2) is 31.0 Å². The van der Waals surface area contributed by atoms with Crippen LogP contribution >= 0.6 is 0 Å². The van der Waals surface area contributed by atoms with Crippen LogP contribution in [0.25, 0.3) is 0 Å². The van der Waals surface area contributed by atoms with Gasteiger partial charge in [0.15, 0.2) is 0 Å². The molecule has 8 nitrogen and oxygen atoms in total. The number of anilines is 1. The molecule has 0 atom stereocenters. The fraction of sp³-hybridized carbons (Fsp3) is 0.133. The van der Waals surface area contributed by atoms with Crippen LogP contribution in [0.5, 0.6) is 0 Å². The first-order valence-corrected chi connectivity index (χ1v) is 8.22. The summed E-state index contributed by atoms with van der Waals surface area (Å²) < 4.78 is 26.4. The van der Waals surface area contributed by atoms with E-state index in [2.05, 4.69) is 0 Å². The van der Waals surface area contributed by atoms with Crippen molar-refractivity contribution in [3.05, 3.63) is 64.2 Å². The van der Waals surface area contributed by atoms with Gasteiger partial charge >= 0.3 is 5.97 Å². The number of hydrogen-bond acceptors (Lipinski definition) is 5. The van der Waals surface area contributed by atoms with E-state index in [0.29, 0.717) is 5.56 Å². The molecule has 126 valence electrons. The van der Waals surface area contributed by atoms with E-state index in [9.17, 15) is 23.3 Å². The summed E-state index contributed by atoms with van der Waals surface area (Å²) in [7, 11) is -4.28. The van der Waals surface area contributed by atoms with E-state index in [1.54, 1.807) is 25.1 Å². The number of non-ortho nitro benzene ring substituents is 1. The van der Waals surface area contributed by atoms with Crippen molar-refractivity contribution in [1.82, 2.24) is 0 Å². The predicted molar refractivity (Wildman–Crippen MR) is 86.4 cm³/mol. The number of nitro groups is 1. The number of carboxylic acids is 1. The molecule has 0 aromatic heterocycles. The molecule has 0 saturated heterocycles. The van der Waals surface area contributed by atoms with Crippen LogP contribution < -0.4 is 4.31 Å². The number of rotatable bonds is 6. The highest BCUT2D eigenvalue weighted by atomic mass is 32.2. The van der Waals surface area contributed by atoms with Gasteiger partial charge in [0.2, 0.25) is 0 Å². The van der Waals surface area contributed by atoms with Gasteiger partial charge < -0.3 is 5.11 Å². The first kappa shape index (κ1) is 17.4. The van der Waals surface area contributed by atoms with Gasteiger partial charge in [0, 0.05) is 12.1 Å². The average Bonchev–Trinajstić information content (AvgIpc) is 2.53. The number of nitro benzene ring substituents is 1. The second-order valence-electron chi connectivity index (χ2n) is 4.95. The highest BCUT2D eigenvalue weighted by Crippen LogP contribution is 2.28. The largest absolute Gasteiger partial charge is 0.480 e. The monoisotopic (exact) mass is 350 g/mol. The van der Waals surface area contributed by atoms with Crippen LogP contribution in [-0.2, 0) is 14.8 Å². The summed E-state index contributed by atoms with van der Waals surface area (Å²) in [4.78, 5) is 20.9. The lowest BCUT2D eigenvalue weighted by atomic mass is 10.2. The third-order valence-electron chi connectivity index (χ3n) is 3.28. The molecule has 0 aliphatic carbocycles. The maximum Gasteiger partial charge on any atom is 0.324 e. The second-order valence-corrected chi connectivity index (χ2v) is 6.81. The number of benzene rings is 2. The summed E-state index contributed by atoms with van der Waals surface area (Å²) in [6.45, 7) is 0.850. The Balaban J connectivity index is 2.60. The Hall–Kier alpha value is -2.94. The fourth-order valence-corrected chi connectivity index (χ4v) is 3.67. The van der Waals surface area contributed by atoms with Crippen LogP contribution in [0.4, 0.5) is 11.4 Å². The predicted octanol–water partition coefficient (Wildman–Crippen LogP) is 2.18. The number of para-hydroxylation sites is 1. The fourth-order valence-electron chi connectivity index (χ4n) is 2.15. The lowest BCUT2D eigenvalue weighted by molar-refractivity contribution is -0.385. The summed E-state index contributed by atoms with van der Waals surface area (Å²) in [5.41, 5.74) is 0.371. The Bertz CT molecular complexity index is 894. The molecule has 0 unspecified atom stereocenters. The molecule has 2 rings (SSSR count). The maximum atomic E-state index is 12.8. The van der Waals surface area contributed by atoms with E-state index in [4.69, 9.17) is 5.11 Å². The van der Waals surface area contributed by atoms with Crippen LogP contribution in [0, 0.1) is 17.0 Å². The zero-order chi connectivity index (χ0) is 17.9. The van der Waals surface area contributed by atoms with E-state index in [-0.39, 0.29) is 10.6 Å². The molecule has 0 amide bonds. The first-order valence-electron chi connectivity index (χ1n) is 6.78. The molecule has 0 bridgehead atoms. The molecule has 0 fully saturated rings. The highest BCUT2D eigenvalue weighted by Gasteiger charge is 2.29. The van der Waals surface area contributed by atoms with Crippen molar-refractivity contribution in [3.8, 4) is 0 Å². The standard InChI is InChI=1S/C15H14N2O6S/c1-11-5-2-3-8-14(11)16(10-15(18)19)24(22,23)13-7-4-6-12(9-13)17(20)21/h2-9H,10H2,1H3,(H,18,19). The molecule has 2 aromatic carbocycles. The molecule has 0 spiro atoms. The lowest BCUT2D eigenvalue weighted by Gasteiger charge is -2.24. The number of sulfonamides is 1. The van der Waals surface area contributed by atoms with Crippen molar-refractivity contribution in [1.29, 1.82) is 0 Å². The summed E-state index contributed by atoms with van der Waals surface area (Å²) in [5, 5.41) is 19.9. The average molecular weight is 350 g/mol. The molecule has 24 heavy (non-hydrogen) atoms. The molecule has 0 saturated carbocycles. The van der Waals surface area contributed by atoms with Crippen molar-refractivity contribution in [2.45, 2.75) is 11.8 Å². The van der Waals surface area contributed by atoms with Crippen LogP contribution in [0.15, 0.2) is 53.4 Å². The molecular weight excluding hydrogens is 336 g/mol. The zero-order valence-corrected chi connectivity index (χ0v) is 13.4. The van der Waals surface area contributed by atoms with Gasteiger partial charge in [-0.1, -0.05) is 24.3 Å². The van der Waals surface area contributed by atoms with Crippen LogP contribution in [0.2, 0.25) is 0 Å². The van der Waals surface area contributed by atoms with Crippen molar-refractivity contribution in [2.75, 3.05) is 10.8 Å². The smallest absolute Gasteiger partial charge is 0.324 e. The Morgan fingerprint density at radius 2 is 1.88 bits per heavy atom. The molecule has 0 heterocycles. The van der Waals surface area contributed by atoms with Crippen LogP contribution in [0.1, 0.15) is 5.56 Å². The van der Waals surface area contributed by atoms with Crippen molar-refractivity contribution in [3.63, 3.8) is 0 Å². The normalized spacial score (nSPS) is 11.0. The number of carboxylic acid groups (broad SMARTS) is 1. The Kier molecular flexibility index (Phi) is 4.84. The minimum atomic E-state index is -4.28. The molecule has 0 radical (unpaired) electrons. The van der Waals surface area contributed by atoms with Crippen molar-refractivity contribution < 1.29 is 23.2 Å². The molecular formula is C15H14N2O6S. The summed E-state index contributed by atoms with van der Waals surface area (Å²) in [6.07, 6.45) is 0. The number of nitrogens with zero attached hydrogens (tertiary/aromatic N) is 2. The lowest BCUT2D eigenvalue weighted by Crippen LogP contribution is -2.36. The number of aryl methyl sites for hydroxylation is 1. The minimum Gasteiger partial charge on any atom is -0.480 e. The van der Waals surface area contributed by atoms with Gasteiger partial charge in [0.1, 0.15) is 6.54 Å². The molecule has 0 aliphatic heterocycles. The third-order valence-corrected chi connectivity index (χ3v) is 5.04. The van der Waals surface area contributed by atoms with Crippen molar-refractivity contribution in [2.24, 2.45) is 0 Å². The summed E-state index contributed by atoms with van der Waals surface area (Å²) in [5.74, 6) is -1.34. The summed E-state index contributed by atoms with van der Waals surface area (Å²) in [6, 6.07) is 10.9. The number of aliphatic carboxylic acids is 1.